The highest BCUT2D eigenvalue weighted by atomic mass is 16.4. The van der Waals surface area contributed by atoms with Crippen LogP contribution in [-0.2, 0) is 9.59 Å². The lowest BCUT2D eigenvalue weighted by molar-refractivity contribution is -0.137. The van der Waals surface area contributed by atoms with E-state index in [2.05, 4.69) is 10.6 Å². The molecule has 106 valence electrons. The number of carboxylic acids is 1. The van der Waals surface area contributed by atoms with E-state index in [-0.39, 0.29) is 18.7 Å². The third kappa shape index (κ3) is 5.98. The van der Waals surface area contributed by atoms with Crippen LogP contribution in [0.2, 0.25) is 0 Å². The van der Waals surface area contributed by atoms with Gasteiger partial charge in [0, 0.05) is 19.4 Å². The molecule has 6 heteroatoms. The van der Waals surface area contributed by atoms with E-state index < -0.39 is 5.97 Å². The number of amides is 1. The maximum atomic E-state index is 11.7. The second kappa shape index (κ2) is 8.67. The molecule has 3 N–H and O–H groups in total. The molecule has 0 aliphatic carbocycles. The standard InChI is InChI=1S/C14H17N3O3/c15-10-11-4-1-2-5-12(11)17-13(18)7-9-16-8-3-6-14(19)20/h1-2,4-5,16H,3,6-9H2,(H,17,18)(H,19,20). The molecule has 1 rings (SSSR count). The molecule has 0 aromatic heterocycles. The maximum absolute atomic E-state index is 11.7. The first-order valence-electron chi connectivity index (χ1n) is 6.35. The average molecular weight is 275 g/mol. The van der Waals surface area contributed by atoms with E-state index in [0.29, 0.717) is 30.8 Å². The van der Waals surface area contributed by atoms with Gasteiger partial charge in [-0.1, -0.05) is 12.1 Å². The highest BCUT2D eigenvalue weighted by Crippen LogP contribution is 2.13. The number of nitrogens with zero attached hydrogens (tertiary/aromatic N) is 1. The van der Waals surface area contributed by atoms with Crippen molar-refractivity contribution in [2.45, 2.75) is 19.3 Å². The first-order valence-corrected chi connectivity index (χ1v) is 6.35. The Morgan fingerprint density at radius 2 is 1.95 bits per heavy atom. The number of nitriles is 1. The fourth-order valence-electron chi connectivity index (χ4n) is 1.59. The molecule has 1 aromatic carbocycles. The maximum Gasteiger partial charge on any atom is 0.303 e. The number of anilines is 1. The van der Waals surface area contributed by atoms with E-state index in [0.717, 1.165) is 0 Å². The molecule has 0 aliphatic rings. The molecule has 6 nitrogen and oxygen atoms in total. The minimum Gasteiger partial charge on any atom is -0.481 e. The molecule has 0 saturated heterocycles. The number of carbonyl (C=O) groups excluding carboxylic acids is 1. The van der Waals surface area contributed by atoms with Crippen molar-refractivity contribution >= 4 is 17.6 Å². The normalized spacial score (nSPS) is 9.75. The lowest BCUT2D eigenvalue weighted by atomic mass is 10.2. The van der Waals surface area contributed by atoms with Gasteiger partial charge < -0.3 is 15.7 Å². The summed E-state index contributed by atoms with van der Waals surface area (Å²) in [6.45, 7) is 1.04. The van der Waals surface area contributed by atoms with Gasteiger partial charge in [-0.05, 0) is 25.1 Å². The van der Waals surface area contributed by atoms with Gasteiger partial charge in [0.05, 0.1) is 11.3 Å². The molecule has 0 bridgehead atoms. The van der Waals surface area contributed by atoms with Gasteiger partial charge in [0.2, 0.25) is 5.91 Å². The van der Waals surface area contributed by atoms with E-state index in [4.69, 9.17) is 10.4 Å². The van der Waals surface area contributed by atoms with Crippen LogP contribution in [0.4, 0.5) is 5.69 Å². The van der Waals surface area contributed by atoms with Crippen molar-refractivity contribution in [3.63, 3.8) is 0 Å². The molecule has 0 aliphatic heterocycles. The summed E-state index contributed by atoms with van der Waals surface area (Å²) in [5.74, 6) is -1.00. The summed E-state index contributed by atoms with van der Waals surface area (Å²) in [4.78, 5) is 22.0. The molecule has 1 amide bonds. The Morgan fingerprint density at radius 1 is 1.20 bits per heavy atom. The van der Waals surface area contributed by atoms with Crippen molar-refractivity contribution in [3.05, 3.63) is 29.8 Å². The third-order valence-electron chi connectivity index (χ3n) is 2.59. The summed E-state index contributed by atoms with van der Waals surface area (Å²) in [5.41, 5.74) is 0.932. The van der Waals surface area contributed by atoms with Crippen LogP contribution in [0.1, 0.15) is 24.8 Å². The van der Waals surface area contributed by atoms with Crippen molar-refractivity contribution in [1.82, 2.24) is 5.32 Å². The fraction of sp³-hybridized carbons (Fsp3) is 0.357. The minimum absolute atomic E-state index is 0.120. The Bertz CT molecular complexity index is 509. The number of rotatable bonds is 8. The SMILES string of the molecule is N#Cc1ccccc1NC(=O)CCNCCCC(=O)O. The zero-order valence-corrected chi connectivity index (χ0v) is 11.1. The van der Waals surface area contributed by atoms with Crippen molar-refractivity contribution < 1.29 is 14.7 Å². The number of benzene rings is 1. The Labute approximate surface area is 117 Å². The number of carbonyl (C=O) groups is 2. The van der Waals surface area contributed by atoms with E-state index in [9.17, 15) is 9.59 Å². The van der Waals surface area contributed by atoms with Gasteiger partial charge >= 0.3 is 5.97 Å². The molecule has 0 unspecified atom stereocenters. The lowest BCUT2D eigenvalue weighted by Crippen LogP contribution is -2.23. The van der Waals surface area contributed by atoms with Crippen LogP contribution in [0.15, 0.2) is 24.3 Å². The van der Waals surface area contributed by atoms with E-state index in [1.807, 2.05) is 6.07 Å². The molecule has 0 saturated carbocycles. The highest BCUT2D eigenvalue weighted by molar-refractivity contribution is 5.92. The number of aliphatic carboxylic acids is 1. The second-order valence-corrected chi connectivity index (χ2v) is 4.20. The zero-order chi connectivity index (χ0) is 14.8. The quantitative estimate of drug-likeness (QED) is 0.621. The average Bonchev–Trinajstić information content (AvgIpc) is 2.43. The van der Waals surface area contributed by atoms with Crippen LogP contribution in [0.25, 0.3) is 0 Å². The summed E-state index contributed by atoms with van der Waals surface area (Å²) < 4.78 is 0. The molecular formula is C14H17N3O3. The highest BCUT2D eigenvalue weighted by Gasteiger charge is 2.05. The molecule has 0 spiro atoms. The van der Waals surface area contributed by atoms with Gasteiger partial charge in [0.1, 0.15) is 6.07 Å². The Kier molecular flexibility index (Phi) is 6.79. The summed E-state index contributed by atoms with van der Waals surface area (Å²) in [7, 11) is 0. The van der Waals surface area contributed by atoms with Crippen LogP contribution < -0.4 is 10.6 Å². The minimum atomic E-state index is -0.822. The number of hydrogen-bond acceptors (Lipinski definition) is 4. The van der Waals surface area contributed by atoms with Crippen LogP contribution in [0.5, 0.6) is 0 Å². The summed E-state index contributed by atoms with van der Waals surface area (Å²) in [6, 6.07) is 8.81. The number of hydrogen-bond donors (Lipinski definition) is 3. The Balaban J connectivity index is 2.24. The zero-order valence-electron chi connectivity index (χ0n) is 11.1. The molecule has 1 aromatic rings. The van der Waals surface area contributed by atoms with Crippen molar-refractivity contribution in [1.29, 1.82) is 5.26 Å². The van der Waals surface area contributed by atoms with Crippen molar-refractivity contribution in [3.8, 4) is 6.07 Å². The predicted molar refractivity (Wildman–Crippen MR) is 74.1 cm³/mol. The third-order valence-corrected chi connectivity index (χ3v) is 2.59. The van der Waals surface area contributed by atoms with Gasteiger partial charge in [-0.25, -0.2) is 0 Å². The second-order valence-electron chi connectivity index (χ2n) is 4.20. The van der Waals surface area contributed by atoms with Gasteiger partial charge in [-0.15, -0.1) is 0 Å². The molecule has 0 fully saturated rings. The predicted octanol–water partition coefficient (Wildman–Crippen LogP) is 1.34. The van der Waals surface area contributed by atoms with Crippen molar-refractivity contribution in [2.75, 3.05) is 18.4 Å². The molecule has 20 heavy (non-hydrogen) atoms. The van der Waals surface area contributed by atoms with Gasteiger partial charge in [0.15, 0.2) is 0 Å². The first-order chi connectivity index (χ1) is 9.63. The number of para-hydroxylation sites is 1. The Hall–Kier alpha value is -2.39. The number of nitrogens with one attached hydrogen (secondary N) is 2. The van der Waals surface area contributed by atoms with Gasteiger partial charge in [0.25, 0.3) is 0 Å². The van der Waals surface area contributed by atoms with Crippen LogP contribution in [0, 0.1) is 11.3 Å². The summed E-state index contributed by atoms with van der Waals surface area (Å²) >= 11 is 0. The Morgan fingerprint density at radius 3 is 2.65 bits per heavy atom. The molecule has 0 atom stereocenters. The topological polar surface area (TPSA) is 102 Å². The van der Waals surface area contributed by atoms with Crippen molar-refractivity contribution in [2.24, 2.45) is 0 Å². The summed E-state index contributed by atoms with van der Waals surface area (Å²) in [6.07, 6.45) is 0.926. The fourth-order valence-corrected chi connectivity index (χ4v) is 1.59. The van der Waals surface area contributed by atoms with Gasteiger partial charge in [-0.2, -0.15) is 5.26 Å². The molecular weight excluding hydrogens is 258 g/mol. The molecule has 0 heterocycles. The molecule has 0 radical (unpaired) electrons. The van der Waals surface area contributed by atoms with Crippen LogP contribution in [0.3, 0.4) is 0 Å². The smallest absolute Gasteiger partial charge is 0.303 e. The lowest BCUT2D eigenvalue weighted by Gasteiger charge is -2.07. The van der Waals surface area contributed by atoms with Crippen LogP contribution >= 0.6 is 0 Å². The van der Waals surface area contributed by atoms with Crippen LogP contribution in [-0.4, -0.2) is 30.1 Å². The van der Waals surface area contributed by atoms with Gasteiger partial charge in [-0.3, -0.25) is 9.59 Å². The van der Waals surface area contributed by atoms with E-state index in [1.54, 1.807) is 24.3 Å². The number of carboxylic acid groups (broad SMARTS) is 1. The first kappa shape index (κ1) is 15.7. The van der Waals surface area contributed by atoms with E-state index in [1.165, 1.54) is 0 Å². The van der Waals surface area contributed by atoms with E-state index >= 15 is 0 Å². The monoisotopic (exact) mass is 275 g/mol. The largest absolute Gasteiger partial charge is 0.481 e. The summed E-state index contributed by atoms with van der Waals surface area (Å²) in [5, 5.41) is 23.0.